The Morgan fingerprint density at radius 3 is 2.72 bits per heavy atom. The topological polar surface area (TPSA) is 86.7 Å². The van der Waals surface area contributed by atoms with Crippen molar-refractivity contribution < 1.29 is 18.9 Å². The fourth-order valence-corrected chi connectivity index (χ4v) is 2.40. The number of likely N-dealkylation sites (tertiary alicyclic amines) is 1. The second-order valence-corrected chi connectivity index (χ2v) is 5.96. The highest BCUT2D eigenvalue weighted by Crippen LogP contribution is 2.17. The van der Waals surface area contributed by atoms with Crippen LogP contribution < -0.4 is 5.32 Å². The van der Waals surface area contributed by atoms with Crippen molar-refractivity contribution in [2.24, 2.45) is 0 Å². The number of carboxylic acids is 1. The van der Waals surface area contributed by atoms with Crippen molar-refractivity contribution in [3.63, 3.8) is 0 Å². The average Bonchev–Trinajstić information content (AvgIpc) is 2.53. The Balaban J connectivity index is 2.55. The largest absolute Gasteiger partial charge is 0.480 e. The fraction of sp³-hybridized carbons (Fsp3) is 0.818. The monoisotopic (exact) mass is 276 g/mol. The summed E-state index contributed by atoms with van der Waals surface area (Å²) in [6.07, 6.45) is 4.68. The molecule has 2 amide bonds. The molecule has 0 aromatic carbocycles. The maximum absolute atomic E-state index is 11.9. The highest BCUT2D eigenvalue weighted by Gasteiger charge is 2.30. The Morgan fingerprint density at radius 1 is 1.39 bits per heavy atom. The van der Waals surface area contributed by atoms with E-state index in [4.69, 9.17) is 5.11 Å². The molecular weight excluding hydrogens is 256 g/mol. The summed E-state index contributed by atoms with van der Waals surface area (Å²) in [7, 11) is -0.957. The molecular formula is C11H20N2O4S. The van der Waals surface area contributed by atoms with Crippen LogP contribution in [0.25, 0.3) is 0 Å². The lowest BCUT2D eigenvalue weighted by atomic mass is 10.1. The molecule has 0 saturated carbocycles. The summed E-state index contributed by atoms with van der Waals surface area (Å²) in [4.78, 5) is 24.4. The second-order valence-electron chi connectivity index (χ2n) is 4.41. The van der Waals surface area contributed by atoms with Gasteiger partial charge in [-0.05, 0) is 12.8 Å². The van der Waals surface area contributed by atoms with Crippen molar-refractivity contribution in [2.75, 3.05) is 25.1 Å². The fourth-order valence-electron chi connectivity index (χ4n) is 2.01. The van der Waals surface area contributed by atoms with E-state index in [9.17, 15) is 13.8 Å². The predicted octanol–water partition coefficient (Wildman–Crippen LogP) is 0.404. The number of aliphatic carboxylic acids is 1. The van der Waals surface area contributed by atoms with E-state index in [0.717, 1.165) is 19.3 Å². The third kappa shape index (κ3) is 4.64. The minimum Gasteiger partial charge on any atom is -0.480 e. The van der Waals surface area contributed by atoms with Gasteiger partial charge in [0.15, 0.2) is 0 Å². The van der Waals surface area contributed by atoms with E-state index in [1.165, 1.54) is 4.90 Å². The Labute approximate surface area is 109 Å². The first-order chi connectivity index (χ1) is 8.52. The van der Waals surface area contributed by atoms with Crippen LogP contribution in [-0.2, 0) is 15.6 Å². The lowest BCUT2D eigenvalue weighted by molar-refractivity contribution is -0.142. The van der Waals surface area contributed by atoms with Gasteiger partial charge in [-0.15, -0.1) is 0 Å². The van der Waals surface area contributed by atoms with Crippen molar-refractivity contribution in [1.29, 1.82) is 0 Å². The molecule has 0 aromatic heterocycles. The quantitative estimate of drug-likeness (QED) is 0.778. The lowest BCUT2D eigenvalue weighted by Crippen LogP contribution is -2.49. The van der Waals surface area contributed by atoms with Crippen molar-refractivity contribution >= 4 is 22.8 Å². The van der Waals surface area contributed by atoms with Crippen LogP contribution in [0.4, 0.5) is 4.79 Å². The molecule has 1 rings (SSSR count). The van der Waals surface area contributed by atoms with Gasteiger partial charge < -0.3 is 15.3 Å². The summed E-state index contributed by atoms with van der Waals surface area (Å²) in [5.74, 6) is -0.566. The molecule has 0 spiro atoms. The van der Waals surface area contributed by atoms with Crippen LogP contribution in [0.3, 0.4) is 0 Å². The first-order valence-corrected chi connectivity index (χ1v) is 7.82. The van der Waals surface area contributed by atoms with Gasteiger partial charge in [0.2, 0.25) is 0 Å². The van der Waals surface area contributed by atoms with Gasteiger partial charge in [0.25, 0.3) is 0 Å². The van der Waals surface area contributed by atoms with Gasteiger partial charge in [0.05, 0.1) is 0 Å². The van der Waals surface area contributed by atoms with Gasteiger partial charge in [-0.25, -0.2) is 9.59 Å². The van der Waals surface area contributed by atoms with Crippen LogP contribution >= 0.6 is 0 Å². The molecule has 1 heterocycles. The number of rotatable bonds is 4. The molecule has 2 N–H and O–H groups in total. The predicted molar refractivity (Wildman–Crippen MR) is 68.9 cm³/mol. The Hall–Kier alpha value is -1.11. The molecule has 0 bridgehead atoms. The van der Waals surface area contributed by atoms with Gasteiger partial charge in [0, 0.05) is 35.9 Å². The third-order valence-electron chi connectivity index (χ3n) is 2.96. The smallest absolute Gasteiger partial charge is 0.326 e. The number of nitrogens with one attached hydrogen (secondary N) is 1. The lowest BCUT2D eigenvalue weighted by Gasteiger charge is -2.27. The van der Waals surface area contributed by atoms with Crippen LogP contribution in [0.1, 0.15) is 25.7 Å². The minimum atomic E-state index is -0.957. The van der Waals surface area contributed by atoms with Crippen molar-refractivity contribution in [3.8, 4) is 0 Å². The molecule has 1 aliphatic rings. The molecule has 1 aliphatic heterocycles. The molecule has 2 atom stereocenters. The number of nitrogens with zero attached hydrogens (tertiary/aromatic N) is 1. The third-order valence-corrected chi connectivity index (χ3v) is 3.74. The number of hydrogen-bond donors (Lipinski definition) is 2. The number of carbonyl (C=O) groups excluding carboxylic acids is 1. The van der Waals surface area contributed by atoms with Crippen LogP contribution in [0.15, 0.2) is 0 Å². The van der Waals surface area contributed by atoms with E-state index < -0.39 is 22.8 Å². The first-order valence-electron chi connectivity index (χ1n) is 6.09. The molecule has 0 radical (unpaired) electrons. The SMILES string of the molecule is CS(=O)CCNC(=O)N1CCCCCC1C(=O)O. The average molecular weight is 276 g/mol. The maximum Gasteiger partial charge on any atom is 0.326 e. The number of carboxylic acid groups (broad SMARTS) is 1. The molecule has 0 aromatic rings. The van der Waals surface area contributed by atoms with Gasteiger partial charge in [-0.2, -0.15) is 0 Å². The van der Waals surface area contributed by atoms with Crippen LogP contribution in [0, 0.1) is 0 Å². The molecule has 18 heavy (non-hydrogen) atoms. The summed E-state index contributed by atoms with van der Waals surface area (Å²) >= 11 is 0. The number of carbonyl (C=O) groups is 2. The standard InChI is InChI=1S/C11H20N2O4S/c1-18(17)8-6-12-11(16)13-7-4-2-3-5-9(13)10(14)15/h9H,2-8H2,1H3,(H,12,16)(H,14,15). The highest BCUT2D eigenvalue weighted by molar-refractivity contribution is 7.84. The minimum absolute atomic E-state index is 0.310. The zero-order valence-electron chi connectivity index (χ0n) is 10.6. The van der Waals surface area contributed by atoms with Gasteiger partial charge in [-0.1, -0.05) is 12.8 Å². The van der Waals surface area contributed by atoms with Crippen LogP contribution in [0.2, 0.25) is 0 Å². The highest BCUT2D eigenvalue weighted by atomic mass is 32.2. The zero-order chi connectivity index (χ0) is 13.5. The van der Waals surface area contributed by atoms with Crippen molar-refractivity contribution in [2.45, 2.75) is 31.7 Å². The summed E-state index contributed by atoms with van der Waals surface area (Å²) in [5, 5.41) is 11.8. The Morgan fingerprint density at radius 2 is 2.11 bits per heavy atom. The van der Waals surface area contributed by atoms with Crippen molar-refractivity contribution in [1.82, 2.24) is 10.2 Å². The molecule has 7 heteroatoms. The molecule has 6 nitrogen and oxygen atoms in total. The molecule has 2 unspecified atom stereocenters. The van der Waals surface area contributed by atoms with Gasteiger partial charge in [0.1, 0.15) is 6.04 Å². The molecule has 1 fully saturated rings. The van der Waals surface area contributed by atoms with E-state index in [1.54, 1.807) is 6.26 Å². The van der Waals surface area contributed by atoms with E-state index in [1.807, 2.05) is 0 Å². The number of urea groups is 1. The zero-order valence-corrected chi connectivity index (χ0v) is 11.4. The number of hydrogen-bond acceptors (Lipinski definition) is 3. The molecule has 0 aliphatic carbocycles. The van der Waals surface area contributed by atoms with E-state index in [-0.39, 0.29) is 6.03 Å². The van der Waals surface area contributed by atoms with E-state index in [0.29, 0.717) is 25.3 Å². The second kappa shape index (κ2) is 7.35. The number of amides is 2. The van der Waals surface area contributed by atoms with Crippen LogP contribution in [0.5, 0.6) is 0 Å². The molecule has 1 saturated heterocycles. The summed E-state index contributed by atoms with van der Waals surface area (Å²) in [6, 6.07) is -1.10. The van der Waals surface area contributed by atoms with Crippen molar-refractivity contribution in [3.05, 3.63) is 0 Å². The normalized spacial score (nSPS) is 22.1. The van der Waals surface area contributed by atoms with Gasteiger partial charge >= 0.3 is 12.0 Å². The Kier molecular flexibility index (Phi) is 6.11. The Bertz CT molecular complexity index is 335. The van der Waals surface area contributed by atoms with Gasteiger partial charge in [-0.3, -0.25) is 4.21 Å². The summed E-state index contributed by atoms with van der Waals surface area (Å²) in [5.41, 5.74) is 0. The van der Waals surface area contributed by atoms with Crippen LogP contribution in [-0.4, -0.2) is 57.4 Å². The van der Waals surface area contributed by atoms with E-state index >= 15 is 0 Å². The summed E-state index contributed by atoms with van der Waals surface area (Å²) < 4.78 is 10.9. The first kappa shape index (κ1) is 14.9. The summed E-state index contributed by atoms with van der Waals surface area (Å²) in [6.45, 7) is 0.781. The molecule has 104 valence electrons. The van der Waals surface area contributed by atoms with E-state index in [2.05, 4.69) is 5.32 Å². The maximum atomic E-state index is 11.9.